The number of carboxylic acids is 1. The molecule has 0 aromatic heterocycles. The Hall–Kier alpha value is -1.22. The SMILES string of the molecule is CCCOc1ccc(Cl)cc1CCC1CC1C(=O)O. The predicted molar refractivity (Wildman–Crippen MR) is 74.8 cm³/mol. The zero-order chi connectivity index (χ0) is 13.8. The Kier molecular flexibility index (Phi) is 4.70. The Morgan fingerprint density at radius 1 is 1.53 bits per heavy atom. The maximum atomic E-state index is 10.8. The summed E-state index contributed by atoms with van der Waals surface area (Å²) in [5.41, 5.74) is 1.08. The van der Waals surface area contributed by atoms with Crippen molar-refractivity contribution in [3.05, 3.63) is 28.8 Å². The molecule has 2 atom stereocenters. The van der Waals surface area contributed by atoms with Crippen molar-refractivity contribution in [2.24, 2.45) is 11.8 Å². The van der Waals surface area contributed by atoms with E-state index in [1.165, 1.54) is 0 Å². The van der Waals surface area contributed by atoms with Crippen LogP contribution in [0.1, 0.15) is 31.7 Å². The summed E-state index contributed by atoms with van der Waals surface area (Å²) < 4.78 is 5.69. The van der Waals surface area contributed by atoms with Crippen LogP contribution >= 0.6 is 11.6 Å². The molecule has 1 aliphatic carbocycles. The highest BCUT2D eigenvalue weighted by atomic mass is 35.5. The standard InChI is InChI=1S/C15H19ClO3/c1-2-7-19-14-6-5-12(16)8-11(14)4-3-10-9-13(10)15(17)18/h5-6,8,10,13H,2-4,7,9H2,1H3,(H,17,18). The van der Waals surface area contributed by atoms with E-state index >= 15 is 0 Å². The number of halogens is 1. The van der Waals surface area contributed by atoms with Gasteiger partial charge in [-0.2, -0.15) is 0 Å². The first-order chi connectivity index (χ1) is 9.11. The molecule has 0 bridgehead atoms. The summed E-state index contributed by atoms with van der Waals surface area (Å²) in [5.74, 6) is 0.382. The largest absolute Gasteiger partial charge is 0.493 e. The predicted octanol–water partition coefficient (Wildman–Crippen LogP) is 3.78. The first-order valence-corrected chi connectivity index (χ1v) is 7.13. The molecule has 1 fully saturated rings. The molecule has 19 heavy (non-hydrogen) atoms. The molecule has 1 aliphatic rings. The second-order valence-corrected chi connectivity index (χ2v) is 5.52. The maximum Gasteiger partial charge on any atom is 0.306 e. The molecular formula is C15H19ClO3. The van der Waals surface area contributed by atoms with Gasteiger partial charge in [-0.25, -0.2) is 0 Å². The van der Waals surface area contributed by atoms with Gasteiger partial charge >= 0.3 is 5.97 Å². The normalized spacial score (nSPS) is 21.2. The van der Waals surface area contributed by atoms with Crippen molar-refractivity contribution in [1.29, 1.82) is 0 Å². The Morgan fingerprint density at radius 2 is 2.32 bits per heavy atom. The monoisotopic (exact) mass is 282 g/mol. The van der Waals surface area contributed by atoms with Crippen LogP contribution in [-0.4, -0.2) is 17.7 Å². The molecule has 0 spiro atoms. The van der Waals surface area contributed by atoms with E-state index in [-0.39, 0.29) is 5.92 Å². The number of hydrogen-bond acceptors (Lipinski definition) is 2. The lowest BCUT2D eigenvalue weighted by atomic mass is 10.1. The highest BCUT2D eigenvalue weighted by molar-refractivity contribution is 6.30. The number of carbonyl (C=O) groups is 1. The van der Waals surface area contributed by atoms with E-state index in [4.69, 9.17) is 21.4 Å². The van der Waals surface area contributed by atoms with Crippen molar-refractivity contribution in [3.8, 4) is 5.75 Å². The van der Waals surface area contributed by atoms with Crippen LogP contribution in [-0.2, 0) is 11.2 Å². The Balaban J connectivity index is 1.94. The van der Waals surface area contributed by atoms with E-state index in [0.717, 1.165) is 37.0 Å². The number of rotatable bonds is 7. The number of ether oxygens (including phenoxy) is 1. The number of benzene rings is 1. The lowest BCUT2D eigenvalue weighted by Gasteiger charge is -2.11. The quantitative estimate of drug-likeness (QED) is 0.828. The number of carboxylic acid groups (broad SMARTS) is 1. The van der Waals surface area contributed by atoms with Crippen LogP contribution < -0.4 is 4.74 Å². The van der Waals surface area contributed by atoms with E-state index in [9.17, 15) is 4.79 Å². The second kappa shape index (κ2) is 6.29. The summed E-state index contributed by atoms with van der Waals surface area (Å²) in [6, 6.07) is 5.65. The second-order valence-electron chi connectivity index (χ2n) is 5.08. The minimum absolute atomic E-state index is 0.140. The minimum atomic E-state index is -0.668. The fraction of sp³-hybridized carbons (Fsp3) is 0.533. The van der Waals surface area contributed by atoms with Gasteiger partial charge in [0.1, 0.15) is 5.75 Å². The first-order valence-electron chi connectivity index (χ1n) is 6.75. The lowest BCUT2D eigenvalue weighted by molar-refractivity contribution is -0.138. The van der Waals surface area contributed by atoms with Gasteiger partial charge in [-0.1, -0.05) is 18.5 Å². The molecule has 2 unspecified atom stereocenters. The first kappa shape index (κ1) is 14.2. The molecule has 1 N–H and O–H groups in total. The van der Waals surface area contributed by atoms with Gasteiger partial charge in [-0.3, -0.25) is 4.79 Å². The number of hydrogen-bond donors (Lipinski definition) is 1. The van der Waals surface area contributed by atoms with E-state index < -0.39 is 5.97 Å². The van der Waals surface area contributed by atoms with Crippen LogP contribution in [0.5, 0.6) is 5.75 Å². The smallest absolute Gasteiger partial charge is 0.306 e. The fourth-order valence-electron chi connectivity index (χ4n) is 2.31. The third-order valence-electron chi connectivity index (χ3n) is 3.51. The van der Waals surface area contributed by atoms with E-state index in [1.807, 2.05) is 18.2 Å². The van der Waals surface area contributed by atoms with Gasteiger partial charge in [-0.15, -0.1) is 0 Å². The third-order valence-corrected chi connectivity index (χ3v) is 3.74. The molecule has 0 amide bonds. The highest BCUT2D eigenvalue weighted by Crippen LogP contribution is 2.42. The molecule has 1 aromatic carbocycles. The van der Waals surface area contributed by atoms with Gasteiger partial charge in [0.2, 0.25) is 0 Å². The van der Waals surface area contributed by atoms with Crippen molar-refractivity contribution >= 4 is 17.6 Å². The van der Waals surface area contributed by atoms with Gasteiger partial charge in [0.15, 0.2) is 0 Å². The molecule has 1 saturated carbocycles. The van der Waals surface area contributed by atoms with Gasteiger partial charge in [0.25, 0.3) is 0 Å². The summed E-state index contributed by atoms with van der Waals surface area (Å²) in [6.45, 7) is 2.76. The van der Waals surface area contributed by atoms with Gasteiger partial charge in [-0.05, 0) is 55.4 Å². The van der Waals surface area contributed by atoms with Crippen LogP contribution in [0.25, 0.3) is 0 Å². The molecule has 104 valence electrons. The van der Waals surface area contributed by atoms with Crippen molar-refractivity contribution in [2.75, 3.05) is 6.61 Å². The number of aliphatic carboxylic acids is 1. The van der Waals surface area contributed by atoms with Crippen LogP contribution in [0.15, 0.2) is 18.2 Å². The lowest BCUT2D eigenvalue weighted by Crippen LogP contribution is -2.02. The molecule has 0 aliphatic heterocycles. The summed E-state index contributed by atoms with van der Waals surface area (Å²) in [4.78, 5) is 10.8. The molecule has 0 saturated heterocycles. The molecule has 1 aromatic rings. The zero-order valence-electron chi connectivity index (χ0n) is 11.1. The van der Waals surface area contributed by atoms with Gasteiger partial charge in [0.05, 0.1) is 12.5 Å². The van der Waals surface area contributed by atoms with E-state index in [2.05, 4.69) is 6.92 Å². The summed E-state index contributed by atoms with van der Waals surface area (Å²) in [6.07, 6.45) is 3.49. The fourth-order valence-corrected chi connectivity index (χ4v) is 2.50. The summed E-state index contributed by atoms with van der Waals surface area (Å²) in [7, 11) is 0. The third kappa shape index (κ3) is 3.87. The van der Waals surface area contributed by atoms with Crippen molar-refractivity contribution in [3.63, 3.8) is 0 Å². The van der Waals surface area contributed by atoms with Crippen LogP contribution in [0, 0.1) is 11.8 Å². The van der Waals surface area contributed by atoms with Crippen molar-refractivity contribution < 1.29 is 14.6 Å². The highest BCUT2D eigenvalue weighted by Gasteiger charge is 2.42. The summed E-state index contributed by atoms with van der Waals surface area (Å²) in [5, 5.41) is 9.59. The zero-order valence-corrected chi connectivity index (χ0v) is 11.8. The van der Waals surface area contributed by atoms with Gasteiger partial charge in [0, 0.05) is 5.02 Å². The van der Waals surface area contributed by atoms with Crippen LogP contribution in [0.3, 0.4) is 0 Å². The minimum Gasteiger partial charge on any atom is -0.493 e. The van der Waals surface area contributed by atoms with E-state index in [0.29, 0.717) is 17.5 Å². The number of aryl methyl sites for hydroxylation is 1. The van der Waals surface area contributed by atoms with Crippen molar-refractivity contribution in [2.45, 2.75) is 32.6 Å². The molecular weight excluding hydrogens is 264 g/mol. The van der Waals surface area contributed by atoms with Crippen LogP contribution in [0.4, 0.5) is 0 Å². The average Bonchev–Trinajstić information content (AvgIpc) is 3.15. The average molecular weight is 283 g/mol. The molecule has 0 heterocycles. The molecule has 2 rings (SSSR count). The maximum absolute atomic E-state index is 10.8. The van der Waals surface area contributed by atoms with E-state index in [1.54, 1.807) is 0 Å². The topological polar surface area (TPSA) is 46.5 Å². The van der Waals surface area contributed by atoms with Gasteiger partial charge < -0.3 is 9.84 Å². The van der Waals surface area contributed by atoms with Crippen molar-refractivity contribution in [1.82, 2.24) is 0 Å². The van der Waals surface area contributed by atoms with Crippen LogP contribution in [0.2, 0.25) is 5.02 Å². The molecule has 4 heteroatoms. The molecule has 3 nitrogen and oxygen atoms in total. The molecule has 0 radical (unpaired) electrons. The Bertz CT molecular complexity index is 459. The summed E-state index contributed by atoms with van der Waals surface area (Å²) >= 11 is 6.01. The Morgan fingerprint density at radius 3 is 2.95 bits per heavy atom. The Labute approximate surface area is 118 Å².